The van der Waals surface area contributed by atoms with Crippen LogP contribution in [0.1, 0.15) is 6.42 Å². The van der Waals surface area contributed by atoms with Gasteiger partial charge < -0.3 is 5.41 Å². The number of hydrogen-bond donors (Lipinski definition) is 1. The Hall–Kier alpha value is -1.18. The van der Waals surface area contributed by atoms with Crippen molar-refractivity contribution in [2.75, 3.05) is 0 Å². The van der Waals surface area contributed by atoms with E-state index in [0.29, 0.717) is 0 Å². The van der Waals surface area contributed by atoms with Crippen molar-refractivity contribution in [3.05, 3.63) is 25.3 Å². The van der Waals surface area contributed by atoms with Gasteiger partial charge in [-0.15, -0.1) is 0 Å². The highest BCUT2D eigenvalue weighted by Gasteiger charge is 1.96. The first kappa shape index (κ1) is 7.82. The number of rotatable bonds is 4. The summed E-state index contributed by atoms with van der Waals surface area (Å²) in [5, 5.41) is 6.98. The molecule has 0 fully saturated rings. The highest BCUT2D eigenvalue weighted by atomic mass is 16.1. The molecule has 0 aromatic heterocycles. The van der Waals surface area contributed by atoms with Crippen molar-refractivity contribution in [3.63, 3.8) is 0 Å². The molecule has 2 nitrogen and oxygen atoms in total. The zero-order chi connectivity index (χ0) is 7.28. The maximum absolute atomic E-state index is 10.5. The summed E-state index contributed by atoms with van der Waals surface area (Å²) >= 11 is 0. The van der Waals surface area contributed by atoms with Crippen LogP contribution in [0.5, 0.6) is 0 Å². The third-order valence-corrected chi connectivity index (χ3v) is 0.839. The SMILES string of the molecule is C=CC(=N)CC(=O)C=C. The molecule has 0 saturated carbocycles. The first-order valence-electron chi connectivity index (χ1n) is 2.56. The lowest BCUT2D eigenvalue weighted by molar-refractivity contribution is -0.113. The van der Waals surface area contributed by atoms with Crippen LogP contribution in [0.25, 0.3) is 0 Å². The number of allylic oxidation sites excluding steroid dienone is 2. The molecule has 0 aromatic carbocycles. The largest absolute Gasteiger partial charge is 0.305 e. The van der Waals surface area contributed by atoms with Gasteiger partial charge in [-0.05, 0) is 12.2 Å². The second kappa shape index (κ2) is 3.78. The Bertz CT molecular complexity index is 140. The van der Waals surface area contributed by atoms with E-state index in [9.17, 15) is 4.79 Å². The third kappa shape index (κ3) is 3.41. The molecule has 0 heterocycles. The smallest absolute Gasteiger partial charge is 0.161 e. The molecular formula is C7H9NO. The van der Waals surface area contributed by atoms with Crippen LogP contribution in [-0.4, -0.2) is 11.5 Å². The molecule has 1 N–H and O–H groups in total. The van der Waals surface area contributed by atoms with E-state index in [1.165, 1.54) is 12.2 Å². The maximum Gasteiger partial charge on any atom is 0.161 e. The summed E-state index contributed by atoms with van der Waals surface area (Å²) in [6.07, 6.45) is 2.67. The Morgan fingerprint density at radius 2 is 2.00 bits per heavy atom. The van der Waals surface area contributed by atoms with Gasteiger partial charge in [-0.2, -0.15) is 0 Å². The zero-order valence-corrected chi connectivity index (χ0v) is 5.18. The minimum Gasteiger partial charge on any atom is -0.305 e. The number of carbonyl (C=O) groups is 1. The minimum absolute atomic E-state index is 0.118. The average Bonchev–Trinajstić information content (AvgIpc) is 1.87. The lowest BCUT2D eigenvalue weighted by Gasteiger charge is -1.89. The van der Waals surface area contributed by atoms with Crippen molar-refractivity contribution in [1.82, 2.24) is 0 Å². The minimum atomic E-state index is -0.139. The Morgan fingerprint density at radius 3 is 2.33 bits per heavy atom. The van der Waals surface area contributed by atoms with E-state index in [0.717, 1.165) is 0 Å². The van der Waals surface area contributed by atoms with Gasteiger partial charge in [-0.3, -0.25) is 4.79 Å². The molecule has 0 aliphatic rings. The van der Waals surface area contributed by atoms with Gasteiger partial charge >= 0.3 is 0 Å². The van der Waals surface area contributed by atoms with Crippen molar-refractivity contribution in [1.29, 1.82) is 5.41 Å². The monoisotopic (exact) mass is 123 g/mol. The summed E-state index contributed by atoms with van der Waals surface area (Å²) in [6.45, 7) is 6.60. The predicted molar refractivity (Wildman–Crippen MR) is 37.7 cm³/mol. The van der Waals surface area contributed by atoms with Gasteiger partial charge in [0.15, 0.2) is 5.78 Å². The molecule has 9 heavy (non-hydrogen) atoms. The number of ketones is 1. The normalized spacial score (nSPS) is 8.00. The lowest BCUT2D eigenvalue weighted by Crippen LogP contribution is -1.99. The van der Waals surface area contributed by atoms with E-state index in [1.54, 1.807) is 0 Å². The van der Waals surface area contributed by atoms with Crippen LogP contribution in [0, 0.1) is 5.41 Å². The molecule has 0 aliphatic carbocycles. The summed E-state index contributed by atoms with van der Waals surface area (Å²) in [6, 6.07) is 0. The van der Waals surface area contributed by atoms with E-state index >= 15 is 0 Å². The van der Waals surface area contributed by atoms with Crippen LogP contribution in [0.4, 0.5) is 0 Å². The molecule has 0 aliphatic heterocycles. The van der Waals surface area contributed by atoms with Gasteiger partial charge in [0, 0.05) is 5.71 Å². The van der Waals surface area contributed by atoms with Crippen molar-refractivity contribution >= 4 is 11.5 Å². The summed E-state index contributed by atoms with van der Waals surface area (Å²) in [5.41, 5.74) is 0.236. The molecular weight excluding hydrogens is 114 g/mol. The van der Waals surface area contributed by atoms with Crippen LogP contribution in [-0.2, 0) is 4.79 Å². The van der Waals surface area contributed by atoms with Crippen LogP contribution in [0.3, 0.4) is 0 Å². The molecule has 0 spiro atoms. The van der Waals surface area contributed by atoms with Gasteiger partial charge in [-0.1, -0.05) is 13.2 Å². The highest BCUT2D eigenvalue weighted by Crippen LogP contribution is 1.86. The molecule has 0 saturated heterocycles. The standard InChI is InChI=1S/C7H9NO/c1-3-6(8)5-7(9)4-2/h3-4,8H,1-2,5H2. The molecule has 0 aromatic rings. The van der Waals surface area contributed by atoms with Gasteiger partial charge in [0.1, 0.15) is 0 Å². The fourth-order valence-corrected chi connectivity index (χ4v) is 0.332. The first-order chi connectivity index (χ1) is 4.20. The molecule has 0 amide bonds. The van der Waals surface area contributed by atoms with Gasteiger partial charge in [0.05, 0.1) is 6.42 Å². The zero-order valence-electron chi connectivity index (χ0n) is 5.18. The van der Waals surface area contributed by atoms with Gasteiger partial charge in [-0.25, -0.2) is 0 Å². The van der Waals surface area contributed by atoms with Crippen molar-refractivity contribution < 1.29 is 4.79 Å². The quantitative estimate of drug-likeness (QED) is 0.444. The number of nitrogens with one attached hydrogen (secondary N) is 1. The molecule has 2 heteroatoms. The Labute approximate surface area is 54.4 Å². The lowest BCUT2D eigenvalue weighted by atomic mass is 10.2. The van der Waals surface area contributed by atoms with E-state index in [-0.39, 0.29) is 17.9 Å². The molecule has 0 radical (unpaired) electrons. The van der Waals surface area contributed by atoms with E-state index < -0.39 is 0 Å². The van der Waals surface area contributed by atoms with E-state index in [1.807, 2.05) is 0 Å². The van der Waals surface area contributed by atoms with Crippen LogP contribution in [0.2, 0.25) is 0 Å². The van der Waals surface area contributed by atoms with Crippen LogP contribution >= 0.6 is 0 Å². The molecule has 0 atom stereocenters. The highest BCUT2D eigenvalue weighted by molar-refractivity contribution is 6.09. The van der Waals surface area contributed by atoms with Crippen LogP contribution < -0.4 is 0 Å². The van der Waals surface area contributed by atoms with Gasteiger partial charge in [0.25, 0.3) is 0 Å². The molecule has 0 unspecified atom stereocenters. The Morgan fingerprint density at radius 1 is 1.44 bits per heavy atom. The molecule has 0 rings (SSSR count). The van der Waals surface area contributed by atoms with E-state index in [2.05, 4.69) is 13.2 Å². The Kier molecular flexibility index (Phi) is 3.28. The predicted octanol–water partition coefficient (Wildman–Crippen LogP) is 1.34. The Balaban J connectivity index is 3.73. The second-order valence-corrected chi connectivity index (χ2v) is 1.58. The average molecular weight is 123 g/mol. The van der Waals surface area contributed by atoms with Crippen molar-refractivity contribution in [2.45, 2.75) is 6.42 Å². The first-order valence-corrected chi connectivity index (χ1v) is 2.56. The van der Waals surface area contributed by atoms with Crippen molar-refractivity contribution in [3.8, 4) is 0 Å². The fraction of sp³-hybridized carbons (Fsp3) is 0.143. The number of carbonyl (C=O) groups excluding carboxylic acids is 1. The fourth-order valence-electron chi connectivity index (χ4n) is 0.332. The van der Waals surface area contributed by atoms with Crippen LogP contribution in [0.15, 0.2) is 25.3 Å². The van der Waals surface area contributed by atoms with E-state index in [4.69, 9.17) is 5.41 Å². The molecule has 48 valence electrons. The maximum atomic E-state index is 10.5. The third-order valence-electron chi connectivity index (χ3n) is 0.839. The van der Waals surface area contributed by atoms with Gasteiger partial charge in [0.2, 0.25) is 0 Å². The summed E-state index contributed by atoms with van der Waals surface area (Å²) < 4.78 is 0. The number of hydrogen-bond acceptors (Lipinski definition) is 2. The summed E-state index contributed by atoms with van der Waals surface area (Å²) in [5.74, 6) is -0.139. The summed E-state index contributed by atoms with van der Waals surface area (Å²) in [7, 11) is 0. The topological polar surface area (TPSA) is 40.9 Å². The van der Waals surface area contributed by atoms with Crippen molar-refractivity contribution in [2.24, 2.45) is 0 Å². The second-order valence-electron chi connectivity index (χ2n) is 1.58. The molecule has 0 bridgehead atoms. The summed E-state index contributed by atoms with van der Waals surface area (Å²) in [4.78, 5) is 10.5.